The molecule has 0 aromatic heterocycles. The van der Waals surface area contributed by atoms with Crippen molar-refractivity contribution in [1.29, 1.82) is 0 Å². The van der Waals surface area contributed by atoms with Crippen molar-refractivity contribution in [1.82, 2.24) is 0 Å². The quantitative estimate of drug-likeness (QED) is 0.277. The maximum atomic E-state index is 9.99. The van der Waals surface area contributed by atoms with E-state index in [9.17, 15) is 19.2 Å². The molecule has 0 saturated heterocycles. The summed E-state index contributed by atoms with van der Waals surface area (Å²) >= 11 is 0. The summed E-state index contributed by atoms with van der Waals surface area (Å²) in [6, 6.07) is -2.33. The van der Waals surface area contributed by atoms with Crippen LogP contribution in [0.2, 0.25) is 0 Å². The molecular weight excluding hydrogens is 264 g/mol. The zero-order valence-electron chi connectivity index (χ0n) is 9.91. The number of carboxylic acid groups (broad SMARTS) is 2. The first kappa shape index (κ1) is 22.0. The Morgan fingerprint density at radius 3 is 1.05 bits per heavy atom. The van der Waals surface area contributed by atoms with E-state index in [0.717, 1.165) is 0 Å². The topological polar surface area (TPSA) is 244 Å². The monoisotopic (exact) mass is 282 g/mol. The van der Waals surface area contributed by atoms with Gasteiger partial charge in [0.1, 0.15) is 12.1 Å². The highest BCUT2D eigenvalue weighted by Gasteiger charge is 2.13. The van der Waals surface area contributed by atoms with Gasteiger partial charge in [0, 0.05) is 0 Å². The molecule has 0 rings (SSSR count). The van der Waals surface area contributed by atoms with Crippen molar-refractivity contribution in [2.24, 2.45) is 22.9 Å². The van der Waals surface area contributed by atoms with Gasteiger partial charge in [-0.1, -0.05) is 0 Å². The number of carboxylic acids is 2. The van der Waals surface area contributed by atoms with Gasteiger partial charge in [-0.05, 0) is 0 Å². The number of carbonyl (C=O) groups excluding carboxylic acids is 2. The minimum absolute atomic E-state index is 0. The molecule has 0 aliphatic rings. The first-order valence-electron chi connectivity index (χ1n) is 4.61. The molecule has 2 amide bonds. The second-order valence-corrected chi connectivity index (χ2v) is 3.23. The Balaban J connectivity index is -0.000000256. The summed E-state index contributed by atoms with van der Waals surface area (Å²) in [4.78, 5) is 39.8. The van der Waals surface area contributed by atoms with Crippen LogP contribution in [-0.4, -0.2) is 51.5 Å². The van der Waals surface area contributed by atoms with E-state index < -0.39 is 35.8 Å². The molecule has 2 atom stereocenters. The van der Waals surface area contributed by atoms with Gasteiger partial charge in [0.25, 0.3) is 0 Å². The lowest BCUT2D eigenvalue weighted by Crippen LogP contribution is -2.34. The van der Waals surface area contributed by atoms with Crippen LogP contribution >= 0.6 is 0 Å². The average molecular weight is 282 g/mol. The smallest absolute Gasteiger partial charge is 0.321 e. The summed E-state index contributed by atoms with van der Waals surface area (Å²) in [5.74, 6) is -3.84. The van der Waals surface area contributed by atoms with Crippen LogP contribution in [0.4, 0.5) is 0 Å². The van der Waals surface area contributed by atoms with Crippen molar-refractivity contribution in [2.45, 2.75) is 24.9 Å². The van der Waals surface area contributed by atoms with Crippen molar-refractivity contribution in [3.05, 3.63) is 0 Å². The van der Waals surface area contributed by atoms with Gasteiger partial charge in [0.2, 0.25) is 11.8 Å². The molecule has 0 aromatic rings. The molecular formula is C8H18N4O7. The standard InChI is InChI=1S/2C4H8N2O3.H2O/c2*5-2(4(8)9)1-3(6)7;/h2*2H,1,5H2,(H2,6,7)(H,8,9);1H2/t2*2-;/m00./s1. The van der Waals surface area contributed by atoms with E-state index in [1.807, 2.05) is 0 Å². The van der Waals surface area contributed by atoms with Crippen LogP contribution in [0.5, 0.6) is 0 Å². The predicted molar refractivity (Wildman–Crippen MR) is 62.5 cm³/mol. The van der Waals surface area contributed by atoms with E-state index in [-0.39, 0.29) is 18.3 Å². The fraction of sp³-hybridized carbons (Fsp3) is 0.500. The molecule has 0 fully saturated rings. The Morgan fingerprint density at radius 2 is 1.00 bits per heavy atom. The van der Waals surface area contributed by atoms with E-state index in [4.69, 9.17) is 21.7 Å². The maximum Gasteiger partial charge on any atom is 0.321 e. The van der Waals surface area contributed by atoms with Gasteiger partial charge in [0.15, 0.2) is 0 Å². The minimum atomic E-state index is -1.21. The third-order valence-corrected chi connectivity index (χ3v) is 1.48. The van der Waals surface area contributed by atoms with Gasteiger partial charge in [0.05, 0.1) is 12.8 Å². The Hall–Kier alpha value is -2.24. The first-order chi connectivity index (χ1) is 8.07. The first-order valence-corrected chi connectivity index (χ1v) is 4.61. The summed E-state index contributed by atoms with van der Waals surface area (Å²) < 4.78 is 0. The summed E-state index contributed by atoms with van der Waals surface area (Å²) in [6.07, 6.45) is -0.620. The molecule has 0 heterocycles. The molecule has 0 aliphatic carbocycles. The van der Waals surface area contributed by atoms with Gasteiger partial charge in [-0.2, -0.15) is 0 Å². The van der Waals surface area contributed by atoms with Gasteiger partial charge >= 0.3 is 11.9 Å². The zero-order chi connectivity index (χ0) is 14.9. The van der Waals surface area contributed by atoms with Crippen LogP contribution in [0.15, 0.2) is 0 Å². The lowest BCUT2D eigenvalue weighted by atomic mass is 10.2. The number of amides is 2. The second-order valence-electron chi connectivity index (χ2n) is 3.23. The maximum absolute atomic E-state index is 9.99. The van der Waals surface area contributed by atoms with E-state index in [1.54, 1.807) is 0 Å². The van der Waals surface area contributed by atoms with Crippen LogP contribution < -0.4 is 22.9 Å². The van der Waals surface area contributed by atoms with Crippen LogP contribution in [0, 0.1) is 0 Å². The molecule has 0 spiro atoms. The number of aliphatic carboxylic acids is 2. The Bertz CT molecular complexity index is 301. The van der Waals surface area contributed by atoms with Gasteiger partial charge < -0.3 is 38.6 Å². The molecule has 12 N–H and O–H groups in total. The van der Waals surface area contributed by atoms with Crippen molar-refractivity contribution >= 4 is 23.8 Å². The Morgan fingerprint density at radius 1 is 0.789 bits per heavy atom. The summed E-state index contributed by atoms with van der Waals surface area (Å²) in [6.45, 7) is 0. The van der Waals surface area contributed by atoms with E-state index in [0.29, 0.717) is 0 Å². The highest BCUT2D eigenvalue weighted by Crippen LogP contribution is 1.85. The summed E-state index contributed by atoms with van der Waals surface area (Å²) in [7, 11) is 0. The summed E-state index contributed by atoms with van der Waals surface area (Å²) in [5.41, 5.74) is 19.1. The largest absolute Gasteiger partial charge is 0.480 e. The van der Waals surface area contributed by atoms with Crippen LogP contribution in [0.25, 0.3) is 0 Å². The molecule has 0 saturated carbocycles. The predicted octanol–water partition coefficient (Wildman–Crippen LogP) is -4.28. The fourth-order valence-electron chi connectivity index (χ4n) is 0.608. The van der Waals surface area contributed by atoms with Crippen molar-refractivity contribution in [3.8, 4) is 0 Å². The number of rotatable bonds is 6. The molecule has 0 bridgehead atoms. The lowest BCUT2D eigenvalue weighted by molar-refractivity contribution is -0.140. The Kier molecular flexibility index (Phi) is 12.6. The third kappa shape index (κ3) is 15.8. The molecule has 11 heteroatoms. The number of carbonyl (C=O) groups is 4. The highest BCUT2D eigenvalue weighted by molar-refractivity contribution is 5.83. The molecule has 112 valence electrons. The number of hydrogen-bond acceptors (Lipinski definition) is 6. The molecule has 0 radical (unpaired) electrons. The van der Waals surface area contributed by atoms with Crippen molar-refractivity contribution in [2.75, 3.05) is 0 Å². The molecule has 0 aliphatic heterocycles. The van der Waals surface area contributed by atoms with Crippen LogP contribution in [0.3, 0.4) is 0 Å². The summed E-state index contributed by atoms with van der Waals surface area (Å²) in [5, 5.41) is 16.2. The normalized spacial score (nSPS) is 11.9. The number of nitrogens with two attached hydrogens (primary N) is 4. The van der Waals surface area contributed by atoms with Crippen LogP contribution in [-0.2, 0) is 19.2 Å². The lowest BCUT2D eigenvalue weighted by Gasteiger charge is -1.99. The van der Waals surface area contributed by atoms with E-state index in [2.05, 4.69) is 11.5 Å². The Labute approximate surface area is 107 Å². The van der Waals surface area contributed by atoms with Gasteiger partial charge in [-0.3, -0.25) is 19.2 Å². The van der Waals surface area contributed by atoms with E-state index >= 15 is 0 Å². The van der Waals surface area contributed by atoms with Crippen molar-refractivity contribution < 1.29 is 34.9 Å². The van der Waals surface area contributed by atoms with Crippen LogP contribution in [0.1, 0.15) is 12.8 Å². The fourth-order valence-corrected chi connectivity index (χ4v) is 0.608. The second kappa shape index (κ2) is 10.9. The molecule has 0 unspecified atom stereocenters. The number of primary amides is 2. The minimum Gasteiger partial charge on any atom is -0.480 e. The average Bonchev–Trinajstić information content (AvgIpc) is 2.16. The van der Waals surface area contributed by atoms with E-state index in [1.165, 1.54) is 0 Å². The zero-order valence-corrected chi connectivity index (χ0v) is 9.91. The van der Waals surface area contributed by atoms with Gasteiger partial charge in [-0.15, -0.1) is 0 Å². The number of hydrogen-bond donors (Lipinski definition) is 6. The van der Waals surface area contributed by atoms with Crippen molar-refractivity contribution in [3.63, 3.8) is 0 Å². The third-order valence-electron chi connectivity index (χ3n) is 1.48. The highest BCUT2D eigenvalue weighted by atomic mass is 16.4. The molecule has 0 aromatic carbocycles. The molecule has 19 heavy (non-hydrogen) atoms. The molecule has 11 nitrogen and oxygen atoms in total. The SMILES string of the molecule is NC(=O)C[C@H](N)C(=O)O.NC(=O)C[C@H](N)C(=O)O.O. The van der Waals surface area contributed by atoms with Gasteiger partial charge in [-0.25, -0.2) is 0 Å².